The lowest BCUT2D eigenvalue weighted by molar-refractivity contribution is 0.109. The van der Waals surface area contributed by atoms with Crippen LogP contribution in [0.15, 0.2) is 35.4 Å². The van der Waals surface area contributed by atoms with Crippen LogP contribution < -0.4 is 10.5 Å². The lowest BCUT2D eigenvalue weighted by Gasteiger charge is -2.30. The molecule has 0 aliphatic carbocycles. The van der Waals surface area contributed by atoms with Crippen molar-refractivity contribution in [3.8, 4) is 0 Å². The predicted molar refractivity (Wildman–Crippen MR) is 113 cm³/mol. The van der Waals surface area contributed by atoms with Gasteiger partial charge in [0.15, 0.2) is 0 Å². The topological polar surface area (TPSA) is 82.4 Å². The largest absolute Gasteiger partial charge is 0.383 e. The normalized spacial score (nSPS) is 18.7. The Balaban J connectivity index is 1.63. The lowest BCUT2D eigenvalue weighted by atomic mass is 10.1. The molecule has 0 N–H and O–H groups in total. The summed E-state index contributed by atoms with van der Waals surface area (Å²) in [5.41, 5.74) is 2.82. The number of hydrogen-bond donors (Lipinski definition) is 0. The standard InChI is InChI=1S/C22H25N5O3/c1-29-12-10-27-21(25-18-6-3-2-5-15(18)22(27)28)19-7-4-9-26(19)20-16-13-30-11-8-17(16)23-14-24-20/h2-3,5-6,14,19H,4,7-13H2,1H3. The monoisotopic (exact) mass is 407 g/mol. The third kappa shape index (κ3) is 3.26. The molecule has 5 rings (SSSR count). The second-order valence-corrected chi connectivity index (χ2v) is 7.71. The van der Waals surface area contributed by atoms with Gasteiger partial charge in [-0.3, -0.25) is 9.36 Å². The minimum Gasteiger partial charge on any atom is -0.383 e. The molecule has 1 saturated heterocycles. The molecule has 0 amide bonds. The van der Waals surface area contributed by atoms with E-state index in [2.05, 4.69) is 14.9 Å². The summed E-state index contributed by atoms with van der Waals surface area (Å²) in [7, 11) is 1.65. The molecule has 1 unspecified atom stereocenters. The van der Waals surface area contributed by atoms with Gasteiger partial charge in [0.25, 0.3) is 5.56 Å². The highest BCUT2D eigenvalue weighted by molar-refractivity contribution is 5.77. The zero-order valence-electron chi connectivity index (χ0n) is 17.1. The van der Waals surface area contributed by atoms with Crippen LogP contribution in [-0.2, 0) is 29.0 Å². The van der Waals surface area contributed by atoms with Gasteiger partial charge in [0.05, 0.1) is 49.0 Å². The van der Waals surface area contributed by atoms with Crippen molar-refractivity contribution in [1.82, 2.24) is 19.5 Å². The summed E-state index contributed by atoms with van der Waals surface area (Å²) in [6, 6.07) is 7.51. The molecule has 3 aromatic rings. The average molecular weight is 407 g/mol. The Hall–Kier alpha value is -2.84. The minimum absolute atomic E-state index is 0.0208. The molecule has 8 heteroatoms. The SMILES string of the molecule is COCCn1c(C2CCCN2c2ncnc3c2COCC3)nc2ccccc2c1=O. The van der Waals surface area contributed by atoms with Crippen molar-refractivity contribution in [2.45, 2.75) is 38.5 Å². The number of benzene rings is 1. The Morgan fingerprint density at radius 3 is 3.07 bits per heavy atom. The average Bonchev–Trinajstić information content (AvgIpc) is 3.27. The van der Waals surface area contributed by atoms with Gasteiger partial charge in [-0.2, -0.15) is 0 Å². The van der Waals surface area contributed by atoms with Crippen molar-refractivity contribution < 1.29 is 9.47 Å². The van der Waals surface area contributed by atoms with Crippen LogP contribution in [0.5, 0.6) is 0 Å². The van der Waals surface area contributed by atoms with Gasteiger partial charge in [0, 0.05) is 25.6 Å². The van der Waals surface area contributed by atoms with Crippen molar-refractivity contribution in [3.05, 3.63) is 58.0 Å². The summed E-state index contributed by atoms with van der Waals surface area (Å²) in [6.45, 7) is 3.00. The van der Waals surface area contributed by atoms with Crippen LogP contribution in [-0.4, -0.2) is 46.4 Å². The number of methoxy groups -OCH3 is 1. The van der Waals surface area contributed by atoms with Crippen LogP contribution >= 0.6 is 0 Å². The smallest absolute Gasteiger partial charge is 0.261 e. The van der Waals surface area contributed by atoms with Crippen LogP contribution in [0.25, 0.3) is 10.9 Å². The number of fused-ring (bicyclic) bond motifs is 2. The molecule has 4 heterocycles. The number of nitrogens with zero attached hydrogens (tertiary/aromatic N) is 5. The maximum atomic E-state index is 13.3. The van der Waals surface area contributed by atoms with E-state index in [4.69, 9.17) is 14.5 Å². The maximum absolute atomic E-state index is 13.3. The number of anilines is 1. The highest BCUT2D eigenvalue weighted by Crippen LogP contribution is 2.37. The van der Waals surface area contributed by atoms with Gasteiger partial charge < -0.3 is 14.4 Å². The zero-order chi connectivity index (χ0) is 20.5. The Bertz CT molecular complexity index is 1130. The molecular weight excluding hydrogens is 382 g/mol. The second-order valence-electron chi connectivity index (χ2n) is 7.71. The molecule has 8 nitrogen and oxygen atoms in total. The summed E-state index contributed by atoms with van der Waals surface area (Å²) in [5, 5.41) is 0.634. The van der Waals surface area contributed by atoms with E-state index in [9.17, 15) is 4.79 Å². The van der Waals surface area contributed by atoms with E-state index in [1.165, 1.54) is 0 Å². The molecule has 2 aliphatic rings. The molecular formula is C22H25N5O3. The number of rotatable bonds is 5. The van der Waals surface area contributed by atoms with Gasteiger partial charge in [-0.15, -0.1) is 0 Å². The Morgan fingerprint density at radius 2 is 2.17 bits per heavy atom. The van der Waals surface area contributed by atoms with E-state index in [0.29, 0.717) is 31.8 Å². The zero-order valence-corrected chi connectivity index (χ0v) is 17.1. The Morgan fingerprint density at radius 1 is 1.27 bits per heavy atom. The molecule has 2 aromatic heterocycles. The predicted octanol–water partition coefficient (Wildman–Crippen LogP) is 2.25. The summed E-state index contributed by atoms with van der Waals surface area (Å²) in [5.74, 6) is 1.68. The van der Waals surface area contributed by atoms with Gasteiger partial charge in [0.1, 0.15) is 18.0 Å². The Labute approximate surface area is 174 Å². The third-order valence-corrected chi connectivity index (χ3v) is 5.97. The fraction of sp³-hybridized carbons (Fsp3) is 0.455. The fourth-order valence-corrected chi connectivity index (χ4v) is 4.52. The molecule has 0 radical (unpaired) electrons. The van der Waals surface area contributed by atoms with E-state index in [1.54, 1.807) is 18.0 Å². The van der Waals surface area contributed by atoms with Gasteiger partial charge >= 0.3 is 0 Å². The first-order valence-corrected chi connectivity index (χ1v) is 10.4. The van der Waals surface area contributed by atoms with E-state index in [0.717, 1.165) is 54.2 Å². The molecule has 2 aliphatic heterocycles. The highest BCUT2D eigenvalue weighted by atomic mass is 16.5. The summed E-state index contributed by atoms with van der Waals surface area (Å²) in [4.78, 5) is 29.6. The number of hydrogen-bond acceptors (Lipinski definition) is 7. The summed E-state index contributed by atoms with van der Waals surface area (Å²) in [6.07, 6.45) is 4.37. The van der Waals surface area contributed by atoms with Crippen LogP contribution in [0, 0.1) is 0 Å². The van der Waals surface area contributed by atoms with E-state index >= 15 is 0 Å². The van der Waals surface area contributed by atoms with E-state index < -0.39 is 0 Å². The van der Waals surface area contributed by atoms with Gasteiger partial charge in [-0.25, -0.2) is 15.0 Å². The molecule has 0 spiro atoms. The fourth-order valence-electron chi connectivity index (χ4n) is 4.52. The quantitative estimate of drug-likeness (QED) is 0.641. The maximum Gasteiger partial charge on any atom is 0.261 e. The van der Waals surface area contributed by atoms with Crippen LogP contribution in [0.3, 0.4) is 0 Å². The van der Waals surface area contributed by atoms with Crippen molar-refractivity contribution in [1.29, 1.82) is 0 Å². The lowest BCUT2D eigenvalue weighted by Crippen LogP contribution is -2.34. The summed E-state index contributed by atoms with van der Waals surface area (Å²) < 4.78 is 12.8. The van der Waals surface area contributed by atoms with E-state index in [-0.39, 0.29) is 11.6 Å². The van der Waals surface area contributed by atoms with E-state index in [1.807, 2.05) is 24.3 Å². The summed E-state index contributed by atoms with van der Waals surface area (Å²) >= 11 is 0. The van der Waals surface area contributed by atoms with Crippen molar-refractivity contribution in [3.63, 3.8) is 0 Å². The number of aromatic nitrogens is 4. The molecule has 30 heavy (non-hydrogen) atoms. The van der Waals surface area contributed by atoms with Crippen molar-refractivity contribution in [2.75, 3.05) is 31.8 Å². The highest BCUT2D eigenvalue weighted by Gasteiger charge is 2.33. The minimum atomic E-state index is -0.0277. The first-order valence-electron chi connectivity index (χ1n) is 10.4. The van der Waals surface area contributed by atoms with Crippen LogP contribution in [0.4, 0.5) is 5.82 Å². The van der Waals surface area contributed by atoms with Crippen LogP contribution in [0.2, 0.25) is 0 Å². The van der Waals surface area contributed by atoms with Crippen molar-refractivity contribution >= 4 is 16.7 Å². The molecule has 156 valence electrons. The molecule has 1 aromatic carbocycles. The van der Waals surface area contributed by atoms with Gasteiger partial charge in [0.2, 0.25) is 0 Å². The van der Waals surface area contributed by atoms with Gasteiger partial charge in [-0.05, 0) is 25.0 Å². The molecule has 0 saturated carbocycles. The third-order valence-electron chi connectivity index (χ3n) is 5.97. The van der Waals surface area contributed by atoms with Crippen LogP contribution in [0.1, 0.15) is 36.0 Å². The first-order chi connectivity index (χ1) is 14.8. The number of para-hydroxylation sites is 1. The van der Waals surface area contributed by atoms with Crippen molar-refractivity contribution in [2.24, 2.45) is 0 Å². The molecule has 1 fully saturated rings. The molecule has 1 atom stereocenters. The second kappa shape index (κ2) is 8.12. The molecule has 0 bridgehead atoms. The van der Waals surface area contributed by atoms with Gasteiger partial charge in [-0.1, -0.05) is 12.1 Å². The number of ether oxygens (including phenoxy) is 2. The first kappa shape index (κ1) is 19.1. The Kier molecular flexibility index (Phi) is 5.18.